The summed E-state index contributed by atoms with van der Waals surface area (Å²) in [5, 5.41) is 9.92. The number of hydrogen-bond donors (Lipinski definition) is 2. The molecule has 2 N–H and O–H groups in total. The molecule has 19 heavy (non-hydrogen) atoms. The molecule has 0 radical (unpaired) electrons. The fraction of sp³-hybridized carbons (Fsp3) is 0.300. The fourth-order valence-corrected chi connectivity index (χ4v) is 5.76. The Balaban J connectivity index is 2.15. The van der Waals surface area contributed by atoms with E-state index in [9.17, 15) is 8.42 Å². The number of aryl methyl sites for hydroxylation is 1. The Labute approximate surface area is 127 Å². The topological polar surface area (TPSA) is 79.3 Å². The summed E-state index contributed by atoms with van der Waals surface area (Å²) < 4.78 is 27.3. The van der Waals surface area contributed by atoms with Gasteiger partial charge in [0.15, 0.2) is 0 Å². The normalized spacial score (nSPS) is 11.9. The lowest BCUT2D eigenvalue weighted by Crippen LogP contribution is -2.22. The highest BCUT2D eigenvalue weighted by Gasteiger charge is 2.20. The van der Waals surface area contributed by atoms with Crippen molar-refractivity contribution in [1.29, 1.82) is 0 Å². The zero-order valence-electron chi connectivity index (χ0n) is 9.88. The van der Waals surface area contributed by atoms with Crippen LogP contribution in [0, 0.1) is 6.92 Å². The zero-order chi connectivity index (χ0) is 14.0. The molecule has 0 spiro atoms. The lowest BCUT2D eigenvalue weighted by Gasteiger charge is -2.03. The third kappa shape index (κ3) is 3.61. The number of thiazole rings is 1. The number of hydrogen-bond acceptors (Lipinski definition) is 6. The standard InChI is InChI=1S/C10H11BrN2O3S3/c1-6-12-3-8(17-6)4-13-19(15,16)9-2-7(5-14)18-10(9)11/h2-3,13-14H,4-5H2,1H3. The third-order valence-electron chi connectivity index (χ3n) is 2.26. The first-order chi connectivity index (χ1) is 8.92. The molecular formula is C10H11BrN2O3S3. The lowest BCUT2D eigenvalue weighted by atomic mass is 10.5. The predicted octanol–water partition coefficient (Wildman–Crippen LogP) is 2.25. The number of aromatic nitrogens is 1. The molecule has 0 aliphatic heterocycles. The molecule has 9 heteroatoms. The van der Waals surface area contributed by atoms with Gasteiger partial charge < -0.3 is 5.11 Å². The minimum absolute atomic E-state index is 0.155. The Morgan fingerprint density at radius 1 is 1.42 bits per heavy atom. The van der Waals surface area contributed by atoms with Crippen molar-refractivity contribution in [3.8, 4) is 0 Å². The highest BCUT2D eigenvalue weighted by Crippen LogP contribution is 2.31. The third-order valence-corrected chi connectivity index (χ3v) is 6.81. The summed E-state index contributed by atoms with van der Waals surface area (Å²) in [6, 6.07) is 1.47. The molecule has 0 unspecified atom stereocenters. The minimum atomic E-state index is -3.59. The molecule has 0 aromatic carbocycles. The Morgan fingerprint density at radius 3 is 2.68 bits per heavy atom. The highest BCUT2D eigenvalue weighted by atomic mass is 79.9. The van der Waals surface area contributed by atoms with E-state index in [1.54, 1.807) is 6.20 Å². The molecule has 0 bridgehead atoms. The second-order valence-corrected chi connectivity index (χ2v) is 9.19. The van der Waals surface area contributed by atoms with Gasteiger partial charge in [-0.3, -0.25) is 0 Å². The number of sulfonamides is 1. The van der Waals surface area contributed by atoms with Crippen LogP contribution in [-0.2, 0) is 23.2 Å². The summed E-state index contributed by atoms with van der Waals surface area (Å²) in [6.45, 7) is 1.91. The van der Waals surface area contributed by atoms with Crippen LogP contribution in [0.25, 0.3) is 0 Å². The number of thiophene rings is 1. The van der Waals surface area contributed by atoms with Gasteiger partial charge in [-0.2, -0.15) is 0 Å². The van der Waals surface area contributed by atoms with Gasteiger partial charge in [-0.25, -0.2) is 18.1 Å². The van der Waals surface area contributed by atoms with Crippen LogP contribution in [0.3, 0.4) is 0 Å². The van der Waals surface area contributed by atoms with Crippen molar-refractivity contribution in [3.05, 3.63) is 30.8 Å². The average molecular weight is 383 g/mol. The van der Waals surface area contributed by atoms with Crippen LogP contribution in [0.5, 0.6) is 0 Å². The molecule has 0 atom stereocenters. The average Bonchev–Trinajstić information content (AvgIpc) is 2.93. The van der Waals surface area contributed by atoms with Gasteiger partial charge in [0.2, 0.25) is 10.0 Å². The molecule has 0 fully saturated rings. The predicted molar refractivity (Wildman–Crippen MR) is 78.8 cm³/mol. The van der Waals surface area contributed by atoms with Crippen LogP contribution in [0.2, 0.25) is 0 Å². The van der Waals surface area contributed by atoms with E-state index in [0.29, 0.717) is 8.66 Å². The Hall–Kier alpha value is -0.320. The van der Waals surface area contributed by atoms with Crippen LogP contribution < -0.4 is 4.72 Å². The van der Waals surface area contributed by atoms with Gasteiger partial charge in [0.1, 0.15) is 4.90 Å². The van der Waals surface area contributed by atoms with Crippen LogP contribution in [-0.4, -0.2) is 18.5 Å². The number of nitrogens with one attached hydrogen (secondary N) is 1. The Morgan fingerprint density at radius 2 is 2.16 bits per heavy atom. The maximum atomic E-state index is 12.1. The van der Waals surface area contributed by atoms with Gasteiger partial charge in [0, 0.05) is 22.5 Å². The van der Waals surface area contributed by atoms with Crippen LogP contribution in [0.1, 0.15) is 14.8 Å². The number of nitrogens with zero attached hydrogens (tertiary/aromatic N) is 1. The molecule has 0 aliphatic rings. The quantitative estimate of drug-likeness (QED) is 0.830. The van der Waals surface area contributed by atoms with Crippen LogP contribution in [0.4, 0.5) is 0 Å². The largest absolute Gasteiger partial charge is 0.391 e. The van der Waals surface area contributed by atoms with E-state index in [1.807, 2.05) is 6.92 Å². The van der Waals surface area contributed by atoms with Crippen molar-refractivity contribution in [2.45, 2.75) is 25.0 Å². The van der Waals surface area contributed by atoms with Gasteiger partial charge in [-0.1, -0.05) is 0 Å². The Kier molecular flexibility index (Phi) is 4.75. The van der Waals surface area contributed by atoms with E-state index in [0.717, 1.165) is 9.88 Å². The van der Waals surface area contributed by atoms with Crippen LogP contribution in [0.15, 0.2) is 20.9 Å². The summed E-state index contributed by atoms with van der Waals surface area (Å²) >= 11 is 5.86. The summed E-state index contributed by atoms with van der Waals surface area (Å²) in [6.07, 6.45) is 1.66. The first kappa shape index (κ1) is 15.1. The molecule has 104 valence electrons. The van der Waals surface area contributed by atoms with Gasteiger partial charge in [0.25, 0.3) is 0 Å². The zero-order valence-corrected chi connectivity index (χ0v) is 13.9. The maximum Gasteiger partial charge on any atom is 0.242 e. The van der Waals surface area contributed by atoms with E-state index < -0.39 is 10.0 Å². The molecule has 5 nitrogen and oxygen atoms in total. The van der Waals surface area contributed by atoms with E-state index in [4.69, 9.17) is 5.11 Å². The number of halogens is 1. The number of aliphatic hydroxyl groups excluding tert-OH is 1. The van der Waals surface area contributed by atoms with Crippen molar-refractivity contribution < 1.29 is 13.5 Å². The van der Waals surface area contributed by atoms with Gasteiger partial charge in [0.05, 0.1) is 15.4 Å². The summed E-state index contributed by atoms with van der Waals surface area (Å²) in [7, 11) is -3.59. The molecule has 2 aromatic rings. The molecule has 0 saturated carbocycles. The van der Waals surface area contributed by atoms with Crippen molar-refractivity contribution in [1.82, 2.24) is 9.71 Å². The molecule has 0 saturated heterocycles. The second kappa shape index (κ2) is 5.98. The summed E-state index contributed by atoms with van der Waals surface area (Å²) in [4.78, 5) is 5.68. The van der Waals surface area contributed by atoms with Crippen molar-refractivity contribution >= 4 is 48.6 Å². The lowest BCUT2D eigenvalue weighted by molar-refractivity contribution is 0.285. The summed E-state index contributed by atoms with van der Waals surface area (Å²) in [5.41, 5.74) is 0. The van der Waals surface area contributed by atoms with E-state index >= 15 is 0 Å². The SMILES string of the molecule is Cc1ncc(CNS(=O)(=O)c2cc(CO)sc2Br)s1. The van der Waals surface area contributed by atoms with Crippen molar-refractivity contribution in [2.24, 2.45) is 0 Å². The number of aliphatic hydroxyl groups is 1. The van der Waals surface area contributed by atoms with Gasteiger partial charge in [-0.15, -0.1) is 22.7 Å². The first-order valence-electron chi connectivity index (χ1n) is 5.22. The monoisotopic (exact) mass is 382 g/mol. The fourth-order valence-electron chi connectivity index (χ4n) is 1.39. The molecule has 2 rings (SSSR count). The van der Waals surface area contributed by atoms with Gasteiger partial charge >= 0.3 is 0 Å². The minimum Gasteiger partial charge on any atom is -0.391 e. The molecule has 2 heterocycles. The Bertz CT molecular complexity index is 678. The van der Waals surface area contributed by atoms with E-state index in [1.165, 1.54) is 28.7 Å². The molecule has 0 aliphatic carbocycles. The van der Waals surface area contributed by atoms with Crippen LogP contribution >= 0.6 is 38.6 Å². The number of rotatable bonds is 5. The smallest absolute Gasteiger partial charge is 0.242 e. The second-order valence-electron chi connectivity index (χ2n) is 3.68. The molecule has 2 aromatic heterocycles. The van der Waals surface area contributed by atoms with E-state index in [2.05, 4.69) is 25.6 Å². The highest BCUT2D eigenvalue weighted by molar-refractivity contribution is 9.11. The van der Waals surface area contributed by atoms with Crippen molar-refractivity contribution in [2.75, 3.05) is 0 Å². The molecular weight excluding hydrogens is 372 g/mol. The van der Waals surface area contributed by atoms with Crippen molar-refractivity contribution in [3.63, 3.8) is 0 Å². The summed E-state index contributed by atoms with van der Waals surface area (Å²) in [5.74, 6) is 0. The van der Waals surface area contributed by atoms with E-state index in [-0.39, 0.29) is 18.0 Å². The maximum absolute atomic E-state index is 12.1. The van der Waals surface area contributed by atoms with Gasteiger partial charge in [-0.05, 0) is 28.9 Å². The molecule has 0 amide bonds. The first-order valence-corrected chi connectivity index (χ1v) is 9.13.